The molecule has 1 atom stereocenters. The van der Waals surface area contributed by atoms with E-state index in [9.17, 15) is 4.79 Å². The lowest BCUT2D eigenvalue weighted by atomic mass is 10.2. The molecule has 0 bridgehead atoms. The number of hydrogen-bond donors (Lipinski definition) is 2. The van der Waals surface area contributed by atoms with Gasteiger partial charge in [0.25, 0.3) is 0 Å². The molecule has 170 valence electrons. The number of fused-ring (bicyclic) bond motifs is 1. The van der Waals surface area contributed by atoms with Crippen LogP contribution in [0.2, 0.25) is 0 Å². The molecule has 0 aliphatic carbocycles. The van der Waals surface area contributed by atoms with Crippen molar-refractivity contribution in [1.82, 2.24) is 20.3 Å². The summed E-state index contributed by atoms with van der Waals surface area (Å²) in [7, 11) is 3.38. The zero-order chi connectivity index (χ0) is 23.4. The summed E-state index contributed by atoms with van der Waals surface area (Å²) in [6, 6.07) is 15.7. The molecular weight excluding hydrogens is 436 g/mol. The van der Waals surface area contributed by atoms with Crippen molar-refractivity contribution in [2.75, 3.05) is 24.4 Å². The Labute approximate surface area is 196 Å². The van der Waals surface area contributed by atoms with Crippen molar-refractivity contribution in [2.45, 2.75) is 26.4 Å². The Morgan fingerprint density at radius 1 is 1.15 bits per heavy atom. The largest absolute Gasteiger partial charge is 0.468 e. The summed E-state index contributed by atoms with van der Waals surface area (Å²) in [4.78, 5) is 28.3. The highest BCUT2D eigenvalue weighted by molar-refractivity contribution is 7.21. The molecule has 0 aliphatic heterocycles. The van der Waals surface area contributed by atoms with Crippen molar-refractivity contribution in [3.05, 3.63) is 65.9 Å². The van der Waals surface area contributed by atoms with Gasteiger partial charge in [0.15, 0.2) is 5.13 Å². The van der Waals surface area contributed by atoms with E-state index in [1.54, 1.807) is 13.1 Å². The lowest BCUT2D eigenvalue weighted by Gasteiger charge is -2.18. The fourth-order valence-electron chi connectivity index (χ4n) is 3.24. The fourth-order valence-corrected chi connectivity index (χ4v) is 4.08. The van der Waals surface area contributed by atoms with Crippen molar-refractivity contribution in [2.24, 2.45) is 0 Å². The molecule has 0 saturated heterocycles. The molecule has 4 aromatic rings. The summed E-state index contributed by atoms with van der Waals surface area (Å²) in [6.07, 6.45) is 1.72. The maximum Gasteiger partial charge on any atom is 0.322 e. The second-order valence-electron chi connectivity index (χ2n) is 7.71. The lowest BCUT2D eigenvalue weighted by molar-refractivity contribution is -0.142. The first kappa shape index (κ1) is 22.6. The molecule has 3 aromatic heterocycles. The van der Waals surface area contributed by atoms with E-state index < -0.39 is 0 Å². The van der Waals surface area contributed by atoms with Crippen LogP contribution in [0.4, 0.5) is 22.5 Å². The van der Waals surface area contributed by atoms with E-state index in [2.05, 4.69) is 56.7 Å². The van der Waals surface area contributed by atoms with Crippen molar-refractivity contribution in [3.63, 3.8) is 0 Å². The number of esters is 1. The van der Waals surface area contributed by atoms with Crippen LogP contribution >= 0.6 is 11.3 Å². The molecule has 33 heavy (non-hydrogen) atoms. The van der Waals surface area contributed by atoms with Gasteiger partial charge in [-0.15, -0.1) is 0 Å². The van der Waals surface area contributed by atoms with Gasteiger partial charge in [-0.1, -0.05) is 29.0 Å². The Balaban J connectivity index is 1.47. The summed E-state index contributed by atoms with van der Waals surface area (Å²) in [5.41, 5.74) is 4.12. The third-order valence-electron chi connectivity index (χ3n) is 5.23. The third-order valence-corrected chi connectivity index (χ3v) is 6.11. The van der Waals surface area contributed by atoms with Gasteiger partial charge < -0.3 is 20.3 Å². The number of rotatable bonds is 8. The van der Waals surface area contributed by atoms with Crippen molar-refractivity contribution in [3.8, 4) is 0 Å². The predicted octanol–water partition coefficient (Wildman–Crippen LogP) is 4.56. The molecule has 3 heterocycles. The quantitative estimate of drug-likeness (QED) is 0.368. The normalized spacial score (nSPS) is 11.9. The van der Waals surface area contributed by atoms with Gasteiger partial charge in [0.2, 0.25) is 0 Å². The van der Waals surface area contributed by atoms with Crippen LogP contribution in [0.25, 0.3) is 10.3 Å². The topological polar surface area (TPSA) is 92.3 Å². The van der Waals surface area contributed by atoms with Gasteiger partial charge in [-0.2, -0.15) is 0 Å². The Kier molecular flexibility index (Phi) is 6.81. The Morgan fingerprint density at radius 3 is 2.70 bits per heavy atom. The average Bonchev–Trinajstić information content (AvgIpc) is 3.23. The van der Waals surface area contributed by atoms with Gasteiger partial charge in [-0.3, -0.25) is 4.79 Å². The summed E-state index contributed by atoms with van der Waals surface area (Å²) in [5.74, 6) is 1.24. The standard InChI is InChI=1S/C24H26N6O2S/c1-15-5-7-18(8-6-15)30(3)21-10-9-19-22(29-21)33-24(27-19)28-20-13-17(11-12-25-20)14-26-16(2)23(31)32-4/h5-13,16,26H,14H2,1-4H3,(H,25,27,28)/t16-/m1/s1. The van der Waals surface area contributed by atoms with E-state index in [0.717, 1.165) is 27.4 Å². The van der Waals surface area contributed by atoms with Crippen LogP contribution in [0.3, 0.4) is 0 Å². The number of nitrogens with zero attached hydrogens (tertiary/aromatic N) is 4. The molecule has 0 radical (unpaired) electrons. The highest BCUT2D eigenvalue weighted by atomic mass is 32.1. The smallest absolute Gasteiger partial charge is 0.322 e. The van der Waals surface area contributed by atoms with E-state index >= 15 is 0 Å². The number of pyridine rings is 2. The number of benzene rings is 1. The molecule has 0 unspecified atom stereocenters. The molecular formula is C24H26N6O2S. The van der Waals surface area contributed by atoms with Crippen LogP contribution in [-0.2, 0) is 16.1 Å². The average molecular weight is 463 g/mol. The molecule has 2 N–H and O–H groups in total. The Hall–Kier alpha value is -3.56. The number of anilines is 4. The maximum absolute atomic E-state index is 11.6. The minimum atomic E-state index is -0.387. The van der Waals surface area contributed by atoms with Gasteiger partial charge in [-0.05, 0) is 55.8 Å². The number of carbonyl (C=O) groups is 1. The number of ether oxygens (including phenoxy) is 1. The summed E-state index contributed by atoms with van der Waals surface area (Å²) >= 11 is 1.48. The SMILES string of the molecule is COC(=O)[C@@H](C)NCc1ccnc(Nc2nc3ccc(N(C)c4ccc(C)cc4)nc3s2)c1. The number of aryl methyl sites for hydroxylation is 1. The van der Waals surface area contributed by atoms with E-state index in [4.69, 9.17) is 9.72 Å². The van der Waals surface area contributed by atoms with Crippen LogP contribution in [0.5, 0.6) is 0 Å². The van der Waals surface area contributed by atoms with E-state index in [1.165, 1.54) is 24.0 Å². The van der Waals surface area contributed by atoms with Crippen LogP contribution in [0, 0.1) is 6.92 Å². The van der Waals surface area contributed by atoms with Gasteiger partial charge in [-0.25, -0.2) is 15.0 Å². The van der Waals surface area contributed by atoms with E-state index in [1.807, 2.05) is 31.3 Å². The number of nitrogens with one attached hydrogen (secondary N) is 2. The molecule has 0 aliphatic rings. The number of methoxy groups -OCH3 is 1. The molecule has 4 rings (SSSR count). The number of hydrogen-bond acceptors (Lipinski definition) is 9. The van der Waals surface area contributed by atoms with Gasteiger partial charge in [0, 0.05) is 25.5 Å². The minimum absolute atomic E-state index is 0.295. The molecule has 8 nitrogen and oxygen atoms in total. The number of thiazole rings is 1. The minimum Gasteiger partial charge on any atom is -0.468 e. The molecule has 0 amide bonds. The molecule has 9 heteroatoms. The first-order chi connectivity index (χ1) is 15.9. The van der Waals surface area contributed by atoms with Crippen LogP contribution < -0.4 is 15.5 Å². The predicted molar refractivity (Wildman–Crippen MR) is 132 cm³/mol. The van der Waals surface area contributed by atoms with E-state index in [-0.39, 0.29) is 12.0 Å². The Morgan fingerprint density at radius 2 is 1.94 bits per heavy atom. The molecule has 0 spiro atoms. The monoisotopic (exact) mass is 462 g/mol. The van der Waals surface area contributed by atoms with Crippen LogP contribution in [0.1, 0.15) is 18.1 Å². The molecule has 0 saturated carbocycles. The first-order valence-corrected chi connectivity index (χ1v) is 11.4. The van der Waals surface area contributed by atoms with Crippen LogP contribution in [-0.4, -0.2) is 41.1 Å². The lowest BCUT2D eigenvalue weighted by Crippen LogP contribution is -2.34. The summed E-state index contributed by atoms with van der Waals surface area (Å²) < 4.78 is 4.74. The summed E-state index contributed by atoms with van der Waals surface area (Å²) in [5, 5.41) is 7.12. The van der Waals surface area contributed by atoms with E-state index in [0.29, 0.717) is 17.5 Å². The fraction of sp³-hybridized carbons (Fsp3) is 0.250. The Bertz CT molecular complexity index is 1260. The molecule has 0 fully saturated rings. The van der Waals surface area contributed by atoms with Crippen LogP contribution in [0.15, 0.2) is 54.7 Å². The first-order valence-electron chi connectivity index (χ1n) is 10.5. The van der Waals surface area contributed by atoms with Crippen molar-refractivity contribution < 1.29 is 9.53 Å². The van der Waals surface area contributed by atoms with Crippen molar-refractivity contribution in [1.29, 1.82) is 0 Å². The number of aromatic nitrogens is 3. The van der Waals surface area contributed by atoms with Gasteiger partial charge >= 0.3 is 5.97 Å². The van der Waals surface area contributed by atoms with Gasteiger partial charge in [0.1, 0.15) is 28.0 Å². The van der Waals surface area contributed by atoms with Crippen molar-refractivity contribution >= 4 is 50.1 Å². The zero-order valence-electron chi connectivity index (χ0n) is 19.0. The number of carbonyl (C=O) groups excluding carboxylic acids is 1. The third kappa shape index (κ3) is 5.44. The highest BCUT2D eigenvalue weighted by Crippen LogP contribution is 2.30. The maximum atomic E-state index is 11.6. The summed E-state index contributed by atoms with van der Waals surface area (Å²) in [6.45, 7) is 4.36. The second kappa shape index (κ2) is 9.93. The highest BCUT2D eigenvalue weighted by Gasteiger charge is 2.13. The van der Waals surface area contributed by atoms with Gasteiger partial charge in [0.05, 0.1) is 7.11 Å². The second-order valence-corrected chi connectivity index (χ2v) is 8.68. The zero-order valence-corrected chi connectivity index (χ0v) is 19.8. The molecule has 1 aromatic carbocycles.